The van der Waals surface area contributed by atoms with Gasteiger partial charge in [0.15, 0.2) is 0 Å². The number of nitrogens with zero attached hydrogens (tertiary/aromatic N) is 2. The lowest BCUT2D eigenvalue weighted by Crippen LogP contribution is -2.61. The molecular formula is C10H21N2O2Si2+. The van der Waals surface area contributed by atoms with Crippen molar-refractivity contribution in [1.82, 2.24) is 4.23 Å². The maximum Gasteiger partial charge on any atom is 0.416 e. The third kappa shape index (κ3) is 2.43. The summed E-state index contributed by atoms with van der Waals surface area (Å²) in [5.41, 5.74) is 0. The lowest BCUT2D eigenvalue weighted by molar-refractivity contribution is -0.547. The number of imidazole rings is 1. The molecule has 0 radical (unpaired) electrons. The predicted molar refractivity (Wildman–Crippen MR) is 69.1 cm³/mol. The fourth-order valence-electron chi connectivity index (χ4n) is 1.68. The second-order valence-corrected chi connectivity index (χ2v) is 15.7. The van der Waals surface area contributed by atoms with Gasteiger partial charge >= 0.3 is 11.8 Å². The van der Waals surface area contributed by atoms with Gasteiger partial charge in [0, 0.05) is 0 Å². The van der Waals surface area contributed by atoms with Crippen LogP contribution in [0.2, 0.25) is 39.3 Å². The minimum Gasteiger partial charge on any atom is -0.472 e. The molecule has 0 unspecified atom stereocenters. The van der Waals surface area contributed by atoms with Crippen molar-refractivity contribution < 1.29 is 14.1 Å². The second-order valence-electron chi connectivity index (χ2n) is 6.01. The summed E-state index contributed by atoms with van der Waals surface area (Å²) in [7, 11) is -3.32. The van der Waals surface area contributed by atoms with E-state index < -0.39 is 22.4 Å². The smallest absolute Gasteiger partial charge is 0.416 e. The summed E-state index contributed by atoms with van der Waals surface area (Å²) < 4.78 is 3.93. The molecule has 0 aliphatic heterocycles. The van der Waals surface area contributed by atoms with Crippen LogP contribution in [0.15, 0.2) is 12.4 Å². The van der Waals surface area contributed by atoms with Crippen molar-refractivity contribution in [2.45, 2.75) is 39.3 Å². The number of hydrogen-bond acceptors (Lipinski definition) is 1. The van der Waals surface area contributed by atoms with Crippen molar-refractivity contribution in [2.24, 2.45) is 0 Å². The van der Waals surface area contributed by atoms with E-state index in [-0.39, 0.29) is 0 Å². The highest BCUT2D eigenvalue weighted by Crippen LogP contribution is 2.10. The van der Waals surface area contributed by atoms with E-state index in [1.165, 1.54) is 0 Å². The molecule has 1 aromatic rings. The molecule has 1 heterocycles. The highest BCUT2D eigenvalue weighted by molar-refractivity contribution is 6.75. The Morgan fingerprint density at radius 2 is 1.75 bits per heavy atom. The average Bonchev–Trinajstić information content (AvgIpc) is 2.43. The Bertz CT molecular complexity index is 382. The second kappa shape index (κ2) is 3.85. The number of carbonyl (C=O) groups is 1. The molecule has 1 rings (SSSR count). The zero-order chi connectivity index (χ0) is 12.7. The summed E-state index contributed by atoms with van der Waals surface area (Å²) >= 11 is 0. The number of aromatic carboxylic acids is 1. The van der Waals surface area contributed by atoms with Gasteiger partial charge in [0.1, 0.15) is 12.4 Å². The number of carboxylic acid groups (broad SMARTS) is 1. The van der Waals surface area contributed by atoms with E-state index in [2.05, 4.69) is 39.3 Å². The van der Waals surface area contributed by atoms with Gasteiger partial charge in [0.05, 0.1) is 0 Å². The third-order valence-corrected chi connectivity index (χ3v) is 6.07. The van der Waals surface area contributed by atoms with Crippen LogP contribution in [-0.2, 0) is 0 Å². The highest BCUT2D eigenvalue weighted by Gasteiger charge is 2.38. The number of aromatic nitrogens is 2. The minimum absolute atomic E-state index is 0.443. The summed E-state index contributed by atoms with van der Waals surface area (Å²) in [4.78, 5) is 11.4. The Balaban J connectivity index is 3.47. The summed E-state index contributed by atoms with van der Waals surface area (Å²) in [6.07, 6.45) is 3.85. The SMILES string of the molecule is C[Si](C)(C)n1cc[n+]([Si](C)(C)C)c1C(=O)O. The van der Waals surface area contributed by atoms with Gasteiger partial charge in [-0.3, -0.25) is 8.47 Å². The molecule has 0 atom stereocenters. The van der Waals surface area contributed by atoms with Crippen molar-refractivity contribution in [3.05, 3.63) is 18.2 Å². The van der Waals surface area contributed by atoms with Crippen molar-refractivity contribution in [3.8, 4) is 0 Å². The first kappa shape index (κ1) is 13.2. The molecule has 0 aromatic carbocycles. The summed E-state index contributed by atoms with van der Waals surface area (Å²) in [6, 6.07) is 0. The zero-order valence-corrected chi connectivity index (χ0v) is 12.9. The molecule has 90 valence electrons. The Morgan fingerprint density at radius 1 is 1.25 bits per heavy atom. The first-order valence-corrected chi connectivity index (χ1v) is 12.3. The van der Waals surface area contributed by atoms with Crippen LogP contribution in [0.5, 0.6) is 0 Å². The van der Waals surface area contributed by atoms with E-state index in [9.17, 15) is 9.90 Å². The van der Waals surface area contributed by atoms with E-state index in [0.29, 0.717) is 5.82 Å². The van der Waals surface area contributed by atoms with Gasteiger partial charge in [-0.2, -0.15) is 0 Å². The molecule has 1 N–H and O–H groups in total. The Morgan fingerprint density at radius 3 is 2.06 bits per heavy atom. The average molecular weight is 257 g/mol. The molecule has 0 saturated carbocycles. The minimum atomic E-state index is -1.66. The standard InChI is InChI=1S/C10H20N2O2Si2/c1-15(2,3)11-7-8-12(16(4,5)6)9(11)10(13)14/h7-8H,1-6H3/p+1. The monoisotopic (exact) mass is 257 g/mol. The Kier molecular flexibility index (Phi) is 3.17. The summed E-state index contributed by atoms with van der Waals surface area (Å²) in [5, 5.41) is 9.36. The van der Waals surface area contributed by atoms with Crippen LogP contribution >= 0.6 is 0 Å². The van der Waals surface area contributed by atoms with Crippen molar-refractivity contribution in [2.75, 3.05) is 0 Å². The molecule has 0 bridgehead atoms. The van der Waals surface area contributed by atoms with Crippen molar-refractivity contribution >= 4 is 22.4 Å². The number of hydrogen-bond donors (Lipinski definition) is 1. The van der Waals surface area contributed by atoms with E-state index in [4.69, 9.17) is 0 Å². The number of rotatable bonds is 3. The van der Waals surface area contributed by atoms with Crippen LogP contribution in [0.3, 0.4) is 0 Å². The lowest BCUT2D eigenvalue weighted by atomic mass is 10.6. The van der Waals surface area contributed by atoms with Crippen molar-refractivity contribution in [1.29, 1.82) is 0 Å². The fraction of sp³-hybridized carbons (Fsp3) is 0.600. The van der Waals surface area contributed by atoms with Crippen molar-refractivity contribution in [3.63, 3.8) is 0 Å². The largest absolute Gasteiger partial charge is 0.472 e. The molecule has 0 aliphatic carbocycles. The van der Waals surface area contributed by atoms with Crippen LogP contribution in [0.25, 0.3) is 0 Å². The Hall–Kier alpha value is -0.886. The van der Waals surface area contributed by atoms with Gasteiger partial charge in [-0.05, 0) is 39.3 Å². The summed E-state index contributed by atoms with van der Waals surface area (Å²) in [5.74, 6) is -0.381. The van der Waals surface area contributed by atoms with E-state index in [1.54, 1.807) is 0 Å². The highest BCUT2D eigenvalue weighted by atomic mass is 28.3. The van der Waals surface area contributed by atoms with Crippen LogP contribution in [0, 0.1) is 0 Å². The molecule has 1 aromatic heterocycles. The maximum absolute atomic E-state index is 11.4. The van der Waals surface area contributed by atoms with Crippen LogP contribution in [0.4, 0.5) is 0 Å². The third-order valence-electron chi connectivity index (χ3n) is 2.46. The molecule has 16 heavy (non-hydrogen) atoms. The Labute approximate surface area is 98.7 Å². The molecule has 6 heteroatoms. The lowest BCUT2D eigenvalue weighted by Gasteiger charge is -2.16. The van der Waals surface area contributed by atoms with E-state index in [0.717, 1.165) is 0 Å². The molecular weight excluding hydrogens is 236 g/mol. The molecule has 0 aliphatic rings. The van der Waals surface area contributed by atoms with Gasteiger partial charge in [-0.1, -0.05) is 0 Å². The maximum atomic E-state index is 11.4. The topological polar surface area (TPSA) is 46.1 Å². The van der Waals surface area contributed by atoms with Crippen LogP contribution in [0.1, 0.15) is 10.6 Å². The van der Waals surface area contributed by atoms with Gasteiger partial charge in [-0.25, -0.2) is 4.79 Å². The molecule has 0 fully saturated rings. The predicted octanol–water partition coefficient (Wildman–Crippen LogP) is 1.84. The fourth-order valence-corrected chi connectivity index (χ4v) is 4.48. The normalized spacial score (nSPS) is 12.9. The molecule has 0 spiro atoms. The van der Waals surface area contributed by atoms with Crippen LogP contribution < -0.4 is 4.23 Å². The van der Waals surface area contributed by atoms with Gasteiger partial charge < -0.3 is 5.11 Å². The quantitative estimate of drug-likeness (QED) is 0.840. The van der Waals surface area contributed by atoms with Crippen LogP contribution in [-0.4, -0.2) is 31.8 Å². The first-order valence-electron chi connectivity index (χ1n) is 5.42. The molecule has 0 saturated heterocycles. The summed E-state index contributed by atoms with van der Waals surface area (Å²) in [6.45, 7) is 12.9. The van der Waals surface area contributed by atoms with Gasteiger partial charge in [0.2, 0.25) is 0 Å². The molecule has 4 nitrogen and oxygen atoms in total. The van der Waals surface area contributed by atoms with Gasteiger partial charge in [0.25, 0.3) is 16.5 Å². The van der Waals surface area contributed by atoms with Gasteiger partial charge in [-0.15, -0.1) is 0 Å². The number of carboxylic acids is 1. The molecule has 0 amide bonds. The zero-order valence-electron chi connectivity index (χ0n) is 10.9. The first-order chi connectivity index (χ1) is 7.05. The van der Waals surface area contributed by atoms with E-state index in [1.807, 2.05) is 20.9 Å². The van der Waals surface area contributed by atoms with E-state index >= 15 is 0 Å².